The molecule has 9 heteroatoms. The van der Waals surface area contributed by atoms with Crippen LogP contribution in [0.3, 0.4) is 0 Å². The molecule has 2 amide bonds. The molecule has 1 unspecified atom stereocenters. The van der Waals surface area contributed by atoms with Gasteiger partial charge in [-0.1, -0.05) is 30.3 Å². The van der Waals surface area contributed by atoms with Gasteiger partial charge in [0.25, 0.3) is 5.91 Å². The largest absolute Gasteiger partial charge is 0.459 e. The van der Waals surface area contributed by atoms with Gasteiger partial charge in [-0.25, -0.2) is 4.98 Å². The quantitative estimate of drug-likeness (QED) is 0.434. The summed E-state index contributed by atoms with van der Waals surface area (Å²) in [4.78, 5) is 29.2. The highest BCUT2D eigenvalue weighted by Crippen LogP contribution is 2.30. The Morgan fingerprint density at radius 1 is 1.18 bits per heavy atom. The predicted molar refractivity (Wildman–Crippen MR) is 124 cm³/mol. The van der Waals surface area contributed by atoms with Crippen molar-refractivity contribution in [3.05, 3.63) is 88.6 Å². The first kappa shape index (κ1) is 21.1. The number of hydrogen-bond acceptors (Lipinski definition) is 6. The van der Waals surface area contributed by atoms with E-state index in [4.69, 9.17) is 4.42 Å². The first-order valence-electron chi connectivity index (χ1n) is 10.8. The van der Waals surface area contributed by atoms with Crippen molar-refractivity contribution in [1.29, 1.82) is 0 Å². The summed E-state index contributed by atoms with van der Waals surface area (Å²) in [7, 11) is 0. The zero-order chi connectivity index (χ0) is 22.6. The number of anilines is 1. The average molecular weight is 462 g/mol. The molecule has 168 valence electrons. The number of nitrogens with zero attached hydrogens (tertiary/aromatic N) is 3. The number of fused-ring (bicyclic) bond motifs is 1. The van der Waals surface area contributed by atoms with Crippen LogP contribution in [0.25, 0.3) is 0 Å². The zero-order valence-electron chi connectivity index (χ0n) is 17.9. The molecule has 2 N–H and O–H groups in total. The fraction of sp³-hybridized carbons (Fsp3) is 0.250. The van der Waals surface area contributed by atoms with E-state index in [9.17, 15) is 9.59 Å². The second-order valence-corrected chi connectivity index (χ2v) is 8.81. The molecule has 0 aliphatic heterocycles. The second-order valence-electron chi connectivity index (χ2n) is 7.95. The maximum absolute atomic E-state index is 12.7. The second kappa shape index (κ2) is 9.41. The van der Waals surface area contributed by atoms with E-state index in [1.165, 1.54) is 28.9 Å². The van der Waals surface area contributed by atoms with Gasteiger partial charge in [0, 0.05) is 16.6 Å². The van der Waals surface area contributed by atoms with Gasteiger partial charge in [-0.2, -0.15) is 5.10 Å². The molecule has 0 radical (unpaired) electrons. The minimum absolute atomic E-state index is 0.0532. The smallest absolute Gasteiger partial charge is 0.293 e. The van der Waals surface area contributed by atoms with Gasteiger partial charge in [0.05, 0.1) is 37.2 Å². The minimum Gasteiger partial charge on any atom is -0.459 e. The summed E-state index contributed by atoms with van der Waals surface area (Å²) in [6.45, 7) is 0.724. The number of furan rings is 1. The predicted octanol–water partition coefficient (Wildman–Crippen LogP) is 3.97. The SMILES string of the molecule is O=C(Cc1csc(NC(=O)c2ccco2)n1)NC1CCCc2c1cnn2Cc1ccccc1. The molecule has 0 spiro atoms. The number of nitrogens with one attached hydrogen (secondary N) is 2. The van der Waals surface area contributed by atoms with Crippen molar-refractivity contribution in [2.75, 3.05) is 5.32 Å². The molecule has 33 heavy (non-hydrogen) atoms. The molecule has 1 aromatic carbocycles. The van der Waals surface area contributed by atoms with Crippen LogP contribution in [-0.4, -0.2) is 26.6 Å². The zero-order valence-corrected chi connectivity index (χ0v) is 18.7. The van der Waals surface area contributed by atoms with Crippen LogP contribution in [0, 0.1) is 0 Å². The van der Waals surface area contributed by atoms with E-state index in [1.807, 2.05) is 29.1 Å². The number of thiazole rings is 1. The van der Waals surface area contributed by atoms with E-state index in [0.29, 0.717) is 10.8 Å². The fourth-order valence-electron chi connectivity index (χ4n) is 4.08. The van der Waals surface area contributed by atoms with Crippen molar-refractivity contribution in [1.82, 2.24) is 20.1 Å². The Morgan fingerprint density at radius 3 is 2.88 bits per heavy atom. The van der Waals surface area contributed by atoms with E-state index in [1.54, 1.807) is 17.5 Å². The van der Waals surface area contributed by atoms with Gasteiger partial charge >= 0.3 is 0 Å². The average Bonchev–Trinajstić information content (AvgIpc) is 3.57. The number of aromatic nitrogens is 3. The Hall–Kier alpha value is -3.72. The van der Waals surface area contributed by atoms with Crippen LogP contribution in [0.15, 0.2) is 64.7 Å². The van der Waals surface area contributed by atoms with Crippen molar-refractivity contribution in [2.45, 2.75) is 38.3 Å². The summed E-state index contributed by atoms with van der Waals surface area (Å²) in [5, 5.41) is 12.6. The molecule has 3 heterocycles. The molecule has 0 bridgehead atoms. The van der Waals surface area contributed by atoms with Gasteiger partial charge in [0.1, 0.15) is 0 Å². The lowest BCUT2D eigenvalue weighted by Gasteiger charge is -2.24. The van der Waals surface area contributed by atoms with Crippen LogP contribution in [0.4, 0.5) is 5.13 Å². The summed E-state index contributed by atoms with van der Waals surface area (Å²) < 4.78 is 7.12. The van der Waals surface area contributed by atoms with E-state index in [0.717, 1.165) is 31.4 Å². The lowest BCUT2D eigenvalue weighted by atomic mass is 9.92. The summed E-state index contributed by atoms with van der Waals surface area (Å²) in [6, 6.07) is 13.4. The molecule has 0 saturated carbocycles. The van der Waals surface area contributed by atoms with E-state index in [-0.39, 0.29) is 30.0 Å². The molecule has 5 rings (SSSR count). The van der Waals surface area contributed by atoms with Gasteiger partial charge in [-0.05, 0) is 37.0 Å². The maximum atomic E-state index is 12.7. The number of hydrogen-bond donors (Lipinski definition) is 2. The van der Waals surface area contributed by atoms with Gasteiger partial charge in [-0.15, -0.1) is 11.3 Å². The van der Waals surface area contributed by atoms with Crippen molar-refractivity contribution in [3.63, 3.8) is 0 Å². The van der Waals surface area contributed by atoms with Crippen LogP contribution in [0.1, 0.15) is 52.0 Å². The Kier molecular flexibility index (Phi) is 6.03. The lowest BCUT2D eigenvalue weighted by Crippen LogP contribution is -2.32. The number of carbonyl (C=O) groups excluding carboxylic acids is 2. The highest BCUT2D eigenvalue weighted by Gasteiger charge is 2.26. The number of amides is 2. The normalized spacial score (nSPS) is 15.1. The van der Waals surface area contributed by atoms with E-state index >= 15 is 0 Å². The molecule has 8 nitrogen and oxygen atoms in total. The first-order chi connectivity index (χ1) is 16.2. The van der Waals surface area contributed by atoms with Crippen LogP contribution < -0.4 is 10.6 Å². The molecule has 3 aromatic heterocycles. The van der Waals surface area contributed by atoms with Gasteiger partial charge in [-0.3, -0.25) is 19.6 Å². The van der Waals surface area contributed by atoms with Gasteiger partial charge in [0.2, 0.25) is 5.91 Å². The highest BCUT2D eigenvalue weighted by atomic mass is 32.1. The summed E-state index contributed by atoms with van der Waals surface area (Å²) in [5.74, 6) is -0.254. The molecule has 1 atom stereocenters. The molecular formula is C24H23N5O3S. The molecule has 0 saturated heterocycles. The highest BCUT2D eigenvalue weighted by molar-refractivity contribution is 7.14. The van der Waals surface area contributed by atoms with Crippen LogP contribution in [0.2, 0.25) is 0 Å². The molecular weight excluding hydrogens is 438 g/mol. The summed E-state index contributed by atoms with van der Waals surface area (Å²) in [6.07, 6.45) is 6.31. The Labute approximate surface area is 194 Å². The fourth-order valence-corrected chi connectivity index (χ4v) is 4.79. The Morgan fingerprint density at radius 2 is 2.06 bits per heavy atom. The molecule has 1 aliphatic carbocycles. The van der Waals surface area contributed by atoms with Crippen LogP contribution in [-0.2, 0) is 24.2 Å². The summed E-state index contributed by atoms with van der Waals surface area (Å²) in [5.41, 5.74) is 4.10. The van der Waals surface area contributed by atoms with E-state index in [2.05, 4.69) is 32.8 Å². The number of rotatable bonds is 7. The molecule has 0 fully saturated rings. The Bertz CT molecular complexity index is 1250. The summed E-state index contributed by atoms with van der Waals surface area (Å²) >= 11 is 1.28. The van der Waals surface area contributed by atoms with Crippen molar-refractivity contribution in [3.8, 4) is 0 Å². The third-order valence-electron chi connectivity index (χ3n) is 5.63. The van der Waals surface area contributed by atoms with Gasteiger partial charge in [0.15, 0.2) is 10.9 Å². The number of benzene rings is 1. The third-order valence-corrected chi connectivity index (χ3v) is 6.44. The van der Waals surface area contributed by atoms with Crippen molar-refractivity contribution in [2.24, 2.45) is 0 Å². The lowest BCUT2D eigenvalue weighted by molar-refractivity contribution is -0.121. The monoisotopic (exact) mass is 461 g/mol. The Balaban J connectivity index is 1.20. The van der Waals surface area contributed by atoms with Gasteiger partial charge < -0.3 is 9.73 Å². The van der Waals surface area contributed by atoms with Crippen LogP contribution >= 0.6 is 11.3 Å². The standard InChI is InChI=1S/C24H23N5O3S/c30-22(12-17-15-33-24(26-17)28-23(31)21-10-5-11-32-21)27-19-8-4-9-20-18(19)13-25-29(20)14-16-6-2-1-3-7-16/h1-3,5-7,10-11,13,15,19H,4,8-9,12,14H2,(H,27,30)(H,26,28,31). The molecule has 4 aromatic rings. The maximum Gasteiger partial charge on any atom is 0.293 e. The molecule has 1 aliphatic rings. The minimum atomic E-state index is -0.368. The van der Waals surface area contributed by atoms with Crippen LogP contribution in [0.5, 0.6) is 0 Å². The van der Waals surface area contributed by atoms with E-state index < -0.39 is 0 Å². The number of carbonyl (C=O) groups is 2. The van der Waals surface area contributed by atoms with Crippen molar-refractivity contribution < 1.29 is 14.0 Å². The topological polar surface area (TPSA) is 102 Å². The van der Waals surface area contributed by atoms with Crippen molar-refractivity contribution >= 4 is 28.3 Å². The third kappa shape index (κ3) is 4.88. The first-order valence-corrected chi connectivity index (χ1v) is 11.7.